The van der Waals surface area contributed by atoms with Crippen molar-refractivity contribution in [3.63, 3.8) is 0 Å². The Morgan fingerprint density at radius 1 is 1.41 bits per heavy atom. The van der Waals surface area contributed by atoms with Crippen LogP contribution in [0.5, 0.6) is 0 Å². The summed E-state index contributed by atoms with van der Waals surface area (Å²) in [7, 11) is 0. The van der Waals surface area contributed by atoms with Crippen LogP contribution in [0.4, 0.5) is 4.79 Å². The number of hydrogen-bond acceptors (Lipinski definition) is 2. The van der Waals surface area contributed by atoms with E-state index in [2.05, 4.69) is 43.6 Å². The van der Waals surface area contributed by atoms with Gasteiger partial charge < -0.3 is 10.2 Å². The molecule has 1 unspecified atom stereocenters. The smallest absolute Gasteiger partial charge is 0.315 e. The van der Waals surface area contributed by atoms with E-state index in [-0.39, 0.29) is 6.03 Å². The molecule has 2 amide bonds. The molecule has 0 radical (unpaired) electrons. The number of rotatable bonds is 5. The van der Waals surface area contributed by atoms with Gasteiger partial charge in [0, 0.05) is 17.1 Å². The summed E-state index contributed by atoms with van der Waals surface area (Å²) >= 11 is 1.73. The molecule has 0 aromatic carbocycles. The second kappa shape index (κ2) is 7.63. The van der Waals surface area contributed by atoms with Crippen molar-refractivity contribution in [2.45, 2.75) is 53.6 Å². The zero-order valence-corrected chi connectivity index (χ0v) is 14.8. The number of amides is 2. The Kier molecular flexibility index (Phi) is 5.83. The predicted octanol–water partition coefficient (Wildman–Crippen LogP) is 5.06. The summed E-state index contributed by atoms with van der Waals surface area (Å²) < 4.78 is 0. The van der Waals surface area contributed by atoms with E-state index in [4.69, 9.17) is 0 Å². The van der Waals surface area contributed by atoms with Gasteiger partial charge in [-0.3, -0.25) is 0 Å². The third-order valence-corrected chi connectivity index (χ3v) is 5.17. The standard InChI is InChI=1S/C18H26N2OS/c1-5-6-13(2)14(3)7-8-15(4)19-18(21)20-11-16-9-10-22-17(16)12-20/h7-10,13H,5-6,11-12H2,1-4H3,(H,19,21)/b14-7+,15-8+. The summed E-state index contributed by atoms with van der Waals surface area (Å²) in [5.74, 6) is 0.597. The van der Waals surface area contributed by atoms with Crippen molar-refractivity contribution < 1.29 is 4.79 Å². The minimum atomic E-state index is -0.00944. The van der Waals surface area contributed by atoms with Crippen molar-refractivity contribution in [2.24, 2.45) is 5.92 Å². The molecule has 2 rings (SSSR count). The molecule has 1 aromatic rings. The van der Waals surface area contributed by atoms with Crippen molar-refractivity contribution in [1.82, 2.24) is 10.2 Å². The van der Waals surface area contributed by atoms with E-state index < -0.39 is 0 Å². The summed E-state index contributed by atoms with van der Waals surface area (Å²) in [6.45, 7) is 10.0. The third-order valence-electron chi connectivity index (χ3n) is 4.22. The summed E-state index contributed by atoms with van der Waals surface area (Å²) in [6, 6.07) is 2.10. The van der Waals surface area contributed by atoms with Crippen LogP contribution in [-0.4, -0.2) is 10.9 Å². The molecule has 120 valence electrons. The maximum atomic E-state index is 12.3. The zero-order chi connectivity index (χ0) is 16.1. The number of urea groups is 1. The highest BCUT2D eigenvalue weighted by atomic mass is 32.1. The van der Waals surface area contributed by atoms with E-state index >= 15 is 0 Å². The zero-order valence-electron chi connectivity index (χ0n) is 14.0. The lowest BCUT2D eigenvalue weighted by Gasteiger charge is -2.16. The number of carbonyl (C=O) groups is 1. The van der Waals surface area contributed by atoms with Gasteiger partial charge in [-0.2, -0.15) is 0 Å². The van der Waals surface area contributed by atoms with Gasteiger partial charge in [0.05, 0.1) is 6.54 Å². The Labute approximate surface area is 137 Å². The van der Waals surface area contributed by atoms with E-state index in [1.54, 1.807) is 11.3 Å². The largest absolute Gasteiger partial charge is 0.322 e. The maximum Gasteiger partial charge on any atom is 0.322 e. The lowest BCUT2D eigenvalue weighted by molar-refractivity contribution is 0.201. The lowest BCUT2D eigenvalue weighted by atomic mass is 9.97. The fraction of sp³-hybridized carbons (Fsp3) is 0.500. The van der Waals surface area contributed by atoms with Crippen LogP contribution in [0.2, 0.25) is 0 Å². The second-order valence-electron chi connectivity index (χ2n) is 6.11. The number of allylic oxidation sites excluding steroid dienone is 4. The molecule has 22 heavy (non-hydrogen) atoms. The van der Waals surface area contributed by atoms with Gasteiger partial charge in [-0.1, -0.05) is 31.9 Å². The fourth-order valence-corrected chi connectivity index (χ4v) is 3.51. The van der Waals surface area contributed by atoms with Gasteiger partial charge in [0.15, 0.2) is 0 Å². The van der Waals surface area contributed by atoms with Crippen molar-refractivity contribution >= 4 is 17.4 Å². The molecule has 0 saturated carbocycles. The highest BCUT2D eigenvalue weighted by Gasteiger charge is 2.23. The number of fused-ring (bicyclic) bond motifs is 1. The summed E-state index contributed by atoms with van der Waals surface area (Å²) in [5, 5.41) is 5.07. The summed E-state index contributed by atoms with van der Waals surface area (Å²) in [4.78, 5) is 15.4. The molecule has 1 aromatic heterocycles. The highest BCUT2D eigenvalue weighted by Crippen LogP contribution is 2.27. The fourth-order valence-electron chi connectivity index (χ4n) is 2.60. The minimum Gasteiger partial charge on any atom is -0.315 e. The lowest BCUT2D eigenvalue weighted by Crippen LogP contribution is -2.35. The Morgan fingerprint density at radius 2 is 2.18 bits per heavy atom. The van der Waals surface area contributed by atoms with Gasteiger partial charge in [0.25, 0.3) is 0 Å². The van der Waals surface area contributed by atoms with Crippen LogP contribution in [0, 0.1) is 5.92 Å². The molecule has 1 aliphatic rings. The molecular formula is C18H26N2OS. The van der Waals surface area contributed by atoms with Crippen molar-refractivity contribution in [3.05, 3.63) is 45.3 Å². The van der Waals surface area contributed by atoms with Crippen LogP contribution in [0.3, 0.4) is 0 Å². The SMILES string of the molecule is CCCC(C)/C(C)=C/C=C(\C)NC(=O)N1Cc2ccsc2C1. The Balaban J connectivity index is 1.87. The average molecular weight is 318 g/mol. The monoisotopic (exact) mass is 318 g/mol. The third kappa shape index (κ3) is 4.23. The second-order valence-corrected chi connectivity index (χ2v) is 7.11. The first-order valence-electron chi connectivity index (χ1n) is 7.97. The van der Waals surface area contributed by atoms with Crippen molar-refractivity contribution in [1.29, 1.82) is 0 Å². The van der Waals surface area contributed by atoms with Gasteiger partial charge in [-0.15, -0.1) is 11.3 Å². The van der Waals surface area contributed by atoms with E-state index in [1.165, 1.54) is 28.9 Å². The number of nitrogens with one attached hydrogen (secondary N) is 1. The first kappa shape index (κ1) is 16.8. The van der Waals surface area contributed by atoms with E-state index in [0.29, 0.717) is 5.92 Å². The molecule has 1 N–H and O–H groups in total. The van der Waals surface area contributed by atoms with Crippen LogP contribution >= 0.6 is 11.3 Å². The quantitative estimate of drug-likeness (QED) is 0.756. The van der Waals surface area contributed by atoms with E-state index in [1.807, 2.05) is 17.9 Å². The van der Waals surface area contributed by atoms with Crippen LogP contribution < -0.4 is 5.32 Å². The summed E-state index contributed by atoms with van der Waals surface area (Å²) in [5.41, 5.74) is 3.54. The Morgan fingerprint density at radius 3 is 2.86 bits per heavy atom. The van der Waals surface area contributed by atoms with Gasteiger partial charge >= 0.3 is 6.03 Å². The van der Waals surface area contributed by atoms with Crippen molar-refractivity contribution in [3.8, 4) is 0 Å². The van der Waals surface area contributed by atoms with Crippen LogP contribution in [0.1, 0.15) is 51.0 Å². The molecular weight excluding hydrogens is 292 g/mol. The molecule has 0 spiro atoms. The van der Waals surface area contributed by atoms with Crippen LogP contribution in [-0.2, 0) is 13.1 Å². The van der Waals surface area contributed by atoms with E-state index in [0.717, 1.165) is 18.8 Å². The van der Waals surface area contributed by atoms with Gasteiger partial charge in [-0.25, -0.2) is 4.79 Å². The van der Waals surface area contributed by atoms with Crippen LogP contribution in [0.25, 0.3) is 0 Å². The molecule has 0 aliphatic carbocycles. The molecule has 0 fully saturated rings. The minimum absolute atomic E-state index is 0.00944. The molecule has 1 aliphatic heterocycles. The number of thiophene rings is 1. The molecule has 4 heteroatoms. The molecule has 0 saturated heterocycles. The predicted molar refractivity (Wildman–Crippen MR) is 93.7 cm³/mol. The van der Waals surface area contributed by atoms with Gasteiger partial charge in [0.1, 0.15) is 0 Å². The first-order valence-corrected chi connectivity index (χ1v) is 8.85. The van der Waals surface area contributed by atoms with Gasteiger partial charge in [0.2, 0.25) is 0 Å². The van der Waals surface area contributed by atoms with E-state index in [9.17, 15) is 4.79 Å². The molecule has 3 nitrogen and oxygen atoms in total. The normalized spacial score (nSPS) is 16.6. The Hall–Kier alpha value is -1.55. The van der Waals surface area contributed by atoms with Crippen LogP contribution in [0.15, 0.2) is 34.9 Å². The number of nitrogens with zero attached hydrogens (tertiary/aromatic N) is 1. The van der Waals surface area contributed by atoms with Gasteiger partial charge in [-0.05, 0) is 49.3 Å². The van der Waals surface area contributed by atoms with Crippen molar-refractivity contribution in [2.75, 3.05) is 0 Å². The topological polar surface area (TPSA) is 32.3 Å². The average Bonchev–Trinajstić information content (AvgIpc) is 3.06. The number of carbonyl (C=O) groups excluding carboxylic acids is 1. The summed E-state index contributed by atoms with van der Waals surface area (Å²) in [6.07, 6.45) is 6.53. The molecule has 0 bridgehead atoms. The number of hydrogen-bond donors (Lipinski definition) is 1. The first-order chi connectivity index (χ1) is 10.5. The highest BCUT2D eigenvalue weighted by molar-refractivity contribution is 7.10. The molecule has 1 atom stereocenters. The molecule has 2 heterocycles. The maximum absolute atomic E-state index is 12.3. The Bertz CT molecular complexity index is 565.